The quantitative estimate of drug-likeness (QED) is 0.352. The van der Waals surface area contributed by atoms with Gasteiger partial charge in [-0.15, -0.1) is 0 Å². The second-order valence-electron chi connectivity index (χ2n) is 4.69. The summed E-state index contributed by atoms with van der Waals surface area (Å²) in [6.45, 7) is 4.79. The maximum Gasteiger partial charge on any atom is 0.265 e. The molecule has 8 heteroatoms. The number of rotatable bonds is 7. The summed E-state index contributed by atoms with van der Waals surface area (Å²) in [7, 11) is -3.43. The van der Waals surface area contributed by atoms with Crippen LogP contribution in [0.2, 0.25) is 0 Å². The van der Waals surface area contributed by atoms with Crippen LogP contribution < -0.4 is 5.32 Å². The van der Waals surface area contributed by atoms with Crippen LogP contribution in [0.25, 0.3) is 0 Å². The average molecular weight is 280 g/mol. The van der Waals surface area contributed by atoms with E-state index < -0.39 is 25.3 Å². The molecule has 0 aliphatic rings. The smallest absolute Gasteiger partial charge is 0.265 e. The van der Waals surface area contributed by atoms with Crippen LogP contribution >= 0.6 is 7.37 Å². The minimum absolute atomic E-state index is 0.193. The third-order valence-corrected chi connectivity index (χ3v) is 2.95. The molecule has 0 spiro atoms. The molecule has 0 aromatic carbocycles. The lowest BCUT2D eigenvalue weighted by molar-refractivity contribution is -0.165. The van der Waals surface area contributed by atoms with E-state index in [0.717, 1.165) is 6.66 Å². The lowest BCUT2D eigenvalue weighted by atomic mass is 10.1. The van der Waals surface area contributed by atoms with E-state index >= 15 is 0 Å². The average Bonchev–Trinajstić information content (AvgIpc) is 2.19. The third kappa shape index (κ3) is 9.15. The molecule has 0 rings (SSSR count). The summed E-state index contributed by atoms with van der Waals surface area (Å²) in [5.41, 5.74) is 0. The van der Waals surface area contributed by atoms with Gasteiger partial charge in [0.05, 0.1) is 6.54 Å². The van der Waals surface area contributed by atoms with E-state index in [1.165, 1.54) is 0 Å². The molecule has 7 nitrogen and oxygen atoms in total. The molecular formula is C10H21N2O5P. The van der Waals surface area contributed by atoms with E-state index in [-0.39, 0.29) is 13.1 Å². The van der Waals surface area contributed by atoms with E-state index in [2.05, 4.69) is 5.32 Å². The van der Waals surface area contributed by atoms with Gasteiger partial charge in [-0.05, 0) is 12.3 Å². The molecule has 0 saturated carbocycles. The summed E-state index contributed by atoms with van der Waals surface area (Å²) in [4.78, 5) is 31.5. The van der Waals surface area contributed by atoms with Crippen LogP contribution in [0.15, 0.2) is 0 Å². The molecule has 18 heavy (non-hydrogen) atoms. The number of hydrogen-bond acceptors (Lipinski definition) is 4. The van der Waals surface area contributed by atoms with Crippen LogP contribution in [-0.2, 0) is 14.2 Å². The standard InChI is InChI=1S/C10H21N2O5P/c1-8(2)4-5-12(15)10(14)6-11-9(13)7-18(3,16)17/h8,15H,4-7H2,1-3H3,(H,11,13)(H,16,17). The predicted octanol–water partition coefficient (Wildman–Crippen LogP) is 0.267. The monoisotopic (exact) mass is 280 g/mol. The molecule has 0 aliphatic carbocycles. The first-order valence-corrected chi connectivity index (χ1v) is 7.96. The van der Waals surface area contributed by atoms with Gasteiger partial charge < -0.3 is 10.2 Å². The molecule has 0 aromatic rings. The van der Waals surface area contributed by atoms with Crippen molar-refractivity contribution in [3.05, 3.63) is 0 Å². The van der Waals surface area contributed by atoms with Gasteiger partial charge in [-0.2, -0.15) is 0 Å². The van der Waals surface area contributed by atoms with Gasteiger partial charge in [0.15, 0.2) is 0 Å². The third-order valence-electron chi connectivity index (χ3n) is 2.08. The first-order valence-electron chi connectivity index (χ1n) is 5.67. The molecule has 1 unspecified atom stereocenters. The fourth-order valence-corrected chi connectivity index (χ4v) is 1.74. The summed E-state index contributed by atoms with van der Waals surface area (Å²) < 4.78 is 10.9. The SMILES string of the molecule is CC(C)CCN(O)C(=O)CNC(=O)CP(C)(=O)O. The summed E-state index contributed by atoms with van der Waals surface area (Å²) in [5.74, 6) is -0.982. The van der Waals surface area contributed by atoms with Crippen molar-refractivity contribution in [1.29, 1.82) is 0 Å². The minimum atomic E-state index is -3.43. The van der Waals surface area contributed by atoms with Crippen LogP contribution in [0.1, 0.15) is 20.3 Å². The molecule has 0 heterocycles. The zero-order valence-corrected chi connectivity index (χ0v) is 11.8. The van der Waals surface area contributed by atoms with Crippen molar-refractivity contribution in [2.75, 3.05) is 25.9 Å². The van der Waals surface area contributed by atoms with Gasteiger partial charge in [0.25, 0.3) is 5.91 Å². The van der Waals surface area contributed by atoms with Crippen molar-refractivity contribution in [2.24, 2.45) is 5.92 Å². The number of hydrogen-bond donors (Lipinski definition) is 3. The van der Waals surface area contributed by atoms with Crippen LogP contribution in [0.3, 0.4) is 0 Å². The summed E-state index contributed by atoms with van der Waals surface area (Å²) in [6.07, 6.45) is 0.120. The van der Waals surface area contributed by atoms with Crippen LogP contribution in [0.5, 0.6) is 0 Å². The van der Waals surface area contributed by atoms with Crippen molar-refractivity contribution < 1.29 is 24.3 Å². The Balaban J connectivity index is 3.95. The number of carbonyl (C=O) groups excluding carboxylic acids is 2. The normalized spacial score (nSPS) is 14.1. The van der Waals surface area contributed by atoms with Crippen molar-refractivity contribution in [3.8, 4) is 0 Å². The summed E-state index contributed by atoms with van der Waals surface area (Å²) >= 11 is 0. The Morgan fingerprint density at radius 2 is 1.94 bits per heavy atom. The van der Waals surface area contributed by atoms with Crippen molar-refractivity contribution in [2.45, 2.75) is 20.3 Å². The van der Waals surface area contributed by atoms with Crippen LogP contribution in [0, 0.1) is 5.92 Å². The van der Waals surface area contributed by atoms with Gasteiger partial charge in [0, 0.05) is 13.2 Å². The Labute approximate surface area is 107 Å². The first kappa shape index (κ1) is 17.1. The van der Waals surface area contributed by atoms with Crippen LogP contribution in [0.4, 0.5) is 0 Å². The van der Waals surface area contributed by atoms with E-state index in [4.69, 9.17) is 4.89 Å². The lowest BCUT2D eigenvalue weighted by Gasteiger charge is -2.16. The second kappa shape index (κ2) is 7.51. The highest BCUT2D eigenvalue weighted by Gasteiger charge is 2.18. The molecule has 3 N–H and O–H groups in total. The molecule has 2 amide bonds. The minimum Gasteiger partial charge on any atom is -0.346 e. The summed E-state index contributed by atoms with van der Waals surface area (Å²) in [6, 6.07) is 0. The Hall–Kier alpha value is -0.910. The number of amides is 2. The fraction of sp³-hybridized carbons (Fsp3) is 0.800. The number of hydroxylamine groups is 2. The second-order valence-corrected chi connectivity index (χ2v) is 7.10. The Morgan fingerprint density at radius 3 is 2.39 bits per heavy atom. The van der Waals surface area contributed by atoms with Crippen molar-refractivity contribution in [1.82, 2.24) is 10.4 Å². The topological polar surface area (TPSA) is 107 Å². The van der Waals surface area contributed by atoms with Crippen molar-refractivity contribution in [3.63, 3.8) is 0 Å². The largest absolute Gasteiger partial charge is 0.346 e. The lowest BCUT2D eigenvalue weighted by Crippen LogP contribution is -2.40. The molecular weight excluding hydrogens is 259 g/mol. The first-order chi connectivity index (χ1) is 8.11. The highest BCUT2D eigenvalue weighted by Crippen LogP contribution is 2.33. The van der Waals surface area contributed by atoms with Gasteiger partial charge in [-0.1, -0.05) is 13.8 Å². The van der Waals surface area contributed by atoms with E-state index in [1.54, 1.807) is 0 Å². The Bertz CT molecular complexity index is 339. The zero-order valence-electron chi connectivity index (χ0n) is 10.9. The van der Waals surface area contributed by atoms with E-state index in [1.807, 2.05) is 13.8 Å². The molecule has 0 radical (unpaired) electrons. The summed E-state index contributed by atoms with van der Waals surface area (Å²) in [5, 5.41) is 12.1. The molecule has 0 aromatic heterocycles. The molecule has 106 valence electrons. The van der Waals surface area contributed by atoms with Gasteiger partial charge in [-0.25, -0.2) is 5.06 Å². The number of nitrogens with zero attached hydrogens (tertiary/aromatic N) is 1. The maximum atomic E-state index is 11.4. The highest BCUT2D eigenvalue weighted by molar-refractivity contribution is 7.58. The number of carbonyl (C=O) groups is 2. The molecule has 0 bridgehead atoms. The highest BCUT2D eigenvalue weighted by atomic mass is 31.2. The van der Waals surface area contributed by atoms with E-state index in [0.29, 0.717) is 17.4 Å². The van der Waals surface area contributed by atoms with Gasteiger partial charge >= 0.3 is 0 Å². The van der Waals surface area contributed by atoms with Crippen molar-refractivity contribution >= 4 is 19.2 Å². The van der Waals surface area contributed by atoms with Gasteiger partial charge in [0.2, 0.25) is 13.3 Å². The molecule has 1 atom stereocenters. The maximum absolute atomic E-state index is 11.4. The Kier molecular flexibility index (Phi) is 7.13. The fourth-order valence-electron chi connectivity index (χ4n) is 1.09. The molecule has 0 aliphatic heterocycles. The number of nitrogens with one attached hydrogen (secondary N) is 1. The molecule has 0 saturated heterocycles. The van der Waals surface area contributed by atoms with Gasteiger partial charge in [0.1, 0.15) is 6.16 Å². The van der Waals surface area contributed by atoms with Crippen LogP contribution in [-0.4, -0.2) is 52.9 Å². The molecule has 0 fully saturated rings. The van der Waals surface area contributed by atoms with Gasteiger partial charge in [-0.3, -0.25) is 19.4 Å². The van der Waals surface area contributed by atoms with E-state index in [9.17, 15) is 19.4 Å². The zero-order chi connectivity index (χ0) is 14.3. The Morgan fingerprint density at radius 1 is 1.39 bits per heavy atom. The predicted molar refractivity (Wildman–Crippen MR) is 66.6 cm³/mol.